The van der Waals surface area contributed by atoms with Gasteiger partial charge in [0.15, 0.2) is 0 Å². The molecule has 0 radical (unpaired) electrons. The number of nitrogens with zero attached hydrogens (tertiary/aromatic N) is 2. The molecule has 0 saturated heterocycles. The monoisotopic (exact) mass is 442 g/mol. The maximum absolute atomic E-state index is 13.2. The Morgan fingerprint density at radius 1 is 0.906 bits per heavy atom. The second-order valence-corrected chi connectivity index (χ2v) is 9.47. The molecule has 5 rings (SSSR count). The molecule has 160 valence electrons. The number of methoxy groups -OCH3 is 1. The van der Waals surface area contributed by atoms with Crippen LogP contribution in [0.25, 0.3) is 10.8 Å². The van der Waals surface area contributed by atoms with Gasteiger partial charge in [-0.3, -0.25) is 9.30 Å². The zero-order valence-electron chi connectivity index (χ0n) is 17.6. The molecule has 0 bridgehead atoms. The summed E-state index contributed by atoms with van der Waals surface area (Å²) in [4.78, 5) is 4.84. The number of ether oxygens (including phenoxy) is 1. The number of benzene rings is 4. The zero-order chi connectivity index (χ0) is 22.1. The highest BCUT2D eigenvalue weighted by Gasteiger charge is 2.30. The normalized spacial score (nSPS) is 13.6. The second-order valence-electron chi connectivity index (χ2n) is 7.61. The van der Waals surface area contributed by atoms with Gasteiger partial charge in [0.05, 0.1) is 23.4 Å². The van der Waals surface area contributed by atoms with Gasteiger partial charge in [0.1, 0.15) is 5.75 Å². The Balaban J connectivity index is 1.44. The molecular formula is C26H22N2O3S. The lowest BCUT2D eigenvalue weighted by Crippen LogP contribution is -2.29. The molecule has 0 fully saturated rings. The first-order valence-electron chi connectivity index (χ1n) is 10.4. The smallest absolute Gasteiger partial charge is 0.264 e. The Morgan fingerprint density at radius 3 is 2.47 bits per heavy atom. The fourth-order valence-corrected chi connectivity index (χ4v) is 5.62. The average molecular weight is 443 g/mol. The fourth-order valence-electron chi connectivity index (χ4n) is 4.11. The van der Waals surface area contributed by atoms with Gasteiger partial charge in [-0.05, 0) is 59.2 Å². The van der Waals surface area contributed by atoms with E-state index in [0.29, 0.717) is 12.2 Å². The van der Waals surface area contributed by atoms with Gasteiger partial charge in [-0.25, -0.2) is 8.42 Å². The lowest BCUT2D eigenvalue weighted by Gasteiger charge is -2.19. The van der Waals surface area contributed by atoms with Crippen molar-refractivity contribution in [3.05, 3.63) is 96.1 Å². The lowest BCUT2D eigenvalue weighted by molar-refractivity contribution is 0.415. The van der Waals surface area contributed by atoms with E-state index in [0.717, 1.165) is 39.8 Å². The first kappa shape index (κ1) is 20.3. The molecule has 0 N–H and O–H groups in total. The maximum Gasteiger partial charge on any atom is 0.264 e. The summed E-state index contributed by atoms with van der Waals surface area (Å²) in [6, 6.07) is 26.3. The molecule has 0 amide bonds. The van der Waals surface area contributed by atoms with Crippen molar-refractivity contribution < 1.29 is 13.2 Å². The quantitative estimate of drug-likeness (QED) is 0.392. The van der Waals surface area contributed by atoms with Crippen LogP contribution in [0.4, 0.5) is 11.4 Å². The van der Waals surface area contributed by atoms with Crippen LogP contribution in [0.15, 0.2) is 94.8 Å². The van der Waals surface area contributed by atoms with Crippen molar-refractivity contribution in [1.82, 2.24) is 0 Å². The number of anilines is 1. The van der Waals surface area contributed by atoms with Crippen LogP contribution in [0.3, 0.4) is 0 Å². The Labute approximate surface area is 187 Å². The Kier molecular flexibility index (Phi) is 5.15. The molecule has 1 aliphatic rings. The van der Waals surface area contributed by atoms with E-state index in [2.05, 4.69) is 4.99 Å². The molecule has 0 aliphatic carbocycles. The topological polar surface area (TPSA) is 59.0 Å². The number of hydrogen-bond acceptors (Lipinski definition) is 4. The van der Waals surface area contributed by atoms with Gasteiger partial charge < -0.3 is 4.74 Å². The SMILES string of the molecule is COc1ccc2ccccc2c1C=Nc1ccc(S(=O)(=O)N2CCc3ccccc32)cc1. The van der Waals surface area contributed by atoms with E-state index in [9.17, 15) is 8.42 Å². The molecule has 32 heavy (non-hydrogen) atoms. The van der Waals surface area contributed by atoms with E-state index in [4.69, 9.17) is 4.74 Å². The summed E-state index contributed by atoms with van der Waals surface area (Å²) in [5.74, 6) is 0.736. The first-order chi connectivity index (χ1) is 15.6. The molecule has 1 aliphatic heterocycles. The molecule has 6 heteroatoms. The summed E-state index contributed by atoms with van der Waals surface area (Å²) < 4.78 is 33.4. The van der Waals surface area contributed by atoms with E-state index in [-0.39, 0.29) is 4.90 Å². The molecule has 0 spiro atoms. The van der Waals surface area contributed by atoms with E-state index >= 15 is 0 Å². The van der Waals surface area contributed by atoms with E-state index < -0.39 is 10.0 Å². The minimum absolute atomic E-state index is 0.260. The highest BCUT2D eigenvalue weighted by atomic mass is 32.2. The summed E-state index contributed by atoms with van der Waals surface area (Å²) in [5, 5.41) is 2.14. The fraction of sp³-hybridized carbons (Fsp3) is 0.115. The maximum atomic E-state index is 13.2. The van der Waals surface area contributed by atoms with Crippen LogP contribution in [-0.4, -0.2) is 28.3 Å². The van der Waals surface area contributed by atoms with Crippen LogP contribution in [-0.2, 0) is 16.4 Å². The molecular weight excluding hydrogens is 420 g/mol. The summed E-state index contributed by atoms with van der Waals surface area (Å²) in [5.41, 5.74) is 3.37. The van der Waals surface area contributed by atoms with Gasteiger partial charge in [-0.15, -0.1) is 0 Å². The molecule has 5 nitrogen and oxygen atoms in total. The van der Waals surface area contributed by atoms with Crippen molar-refractivity contribution in [3.8, 4) is 5.75 Å². The van der Waals surface area contributed by atoms with E-state index in [1.807, 2.05) is 60.7 Å². The molecule has 0 saturated carbocycles. The van der Waals surface area contributed by atoms with Gasteiger partial charge >= 0.3 is 0 Å². The van der Waals surface area contributed by atoms with Gasteiger partial charge in [0.25, 0.3) is 10.0 Å². The highest BCUT2D eigenvalue weighted by molar-refractivity contribution is 7.92. The number of hydrogen-bond donors (Lipinski definition) is 0. The van der Waals surface area contributed by atoms with E-state index in [1.165, 1.54) is 4.31 Å². The van der Waals surface area contributed by atoms with Crippen molar-refractivity contribution >= 4 is 38.4 Å². The molecule has 0 aromatic heterocycles. The third-order valence-electron chi connectivity index (χ3n) is 5.76. The van der Waals surface area contributed by atoms with Crippen molar-refractivity contribution in [1.29, 1.82) is 0 Å². The minimum Gasteiger partial charge on any atom is -0.496 e. The summed E-state index contributed by atoms with van der Waals surface area (Å²) in [6.45, 7) is 0.461. The summed E-state index contributed by atoms with van der Waals surface area (Å²) in [6.07, 6.45) is 2.49. The zero-order valence-corrected chi connectivity index (χ0v) is 18.4. The summed E-state index contributed by atoms with van der Waals surface area (Å²) >= 11 is 0. The predicted octanol–water partition coefficient (Wildman–Crippen LogP) is 5.35. The third-order valence-corrected chi connectivity index (χ3v) is 7.59. The Morgan fingerprint density at radius 2 is 1.66 bits per heavy atom. The van der Waals surface area contributed by atoms with Crippen molar-refractivity contribution in [2.45, 2.75) is 11.3 Å². The highest BCUT2D eigenvalue weighted by Crippen LogP contribution is 2.33. The number of rotatable bonds is 5. The molecule has 0 atom stereocenters. The molecule has 4 aromatic carbocycles. The molecule has 0 unspecified atom stereocenters. The van der Waals surface area contributed by atoms with Crippen LogP contribution in [0.1, 0.15) is 11.1 Å². The third kappa shape index (κ3) is 3.52. The predicted molar refractivity (Wildman–Crippen MR) is 129 cm³/mol. The first-order valence-corrected chi connectivity index (χ1v) is 11.8. The van der Waals surface area contributed by atoms with Gasteiger partial charge in [0, 0.05) is 18.3 Å². The van der Waals surface area contributed by atoms with Crippen molar-refractivity contribution in [2.75, 3.05) is 18.0 Å². The van der Waals surface area contributed by atoms with Crippen molar-refractivity contribution in [3.63, 3.8) is 0 Å². The van der Waals surface area contributed by atoms with Crippen LogP contribution >= 0.6 is 0 Å². The number of sulfonamides is 1. The second kappa shape index (κ2) is 8.13. The number of aliphatic imine (C=N–C) groups is 1. The standard InChI is InChI=1S/C26H22N2O3S/c1-31-26-15-10-19-6-2-4-8-23(19)24(26)18-27-21-11-13-22(14-12-21)32(29,30)28-17-16-20-7-3-5-9-25(20)28/h2-15,18H,16-17H2,1H3. The van der Waals surface area contributed by atoms with E-state index in [1.54, 1.807) is 37.6 Å². The van der Waals surface area contributed by atoms with Gasteiger partial charge in [-0.1, -0.05) is 48.5 Å². The molecule has 1 heterocycles. The van der Waals surface area contributed by atoms with Crippen LogP contribution < -0.4 is 9.04 Å². The van der Waals surface area contributed by atoms with Crippen LogP contribution in [0.5, 0.6) is 5.75 Å². The van der Waals surface area contributed by atoms with Crippen molar-refractivity contribution in [2.24, 2.45) is 4.99 Å². The molecule has 4 aromatic rings. The Bertz CT molecular complexity index is 1430. The lowest BCUT2D eigenvalue weighted by atomic mass is 10.0. The number of para-hydroxylation sites is 1. The van der Waals surface area contributed by atoms with Gasteiger partial charge in [0.2, 0.25) is 0 Å². The Hall–Kier alpha value is -3.64. The average Bonchev–Trinajstić information content (AvgIpc) is 3.28. The summed E-state index contributed by atoms with van der Waals surface area (Å²) in [7, 11) is -1.98. The van der Waals surface area contributed by atoms with Crippen LogP contribution in [0.2, 0.25) is 0 Å². The minimum atomic E-state index is -3.61. The largest absolute Gasteiger partial charge is 0.496 e. The van der Waals surface area contributed by atoms with Crippen LogP contribution in [0, 0.1) is 0 Å². The van der Waals surface area contributed by atoms with Gasteiger partial charge in [-0.2, -0.15) is 0 Å². The number of fused-ring (bicyclic) bond motifs is 2.